The van der Waals surface area contributed by atoms with Gasteiger partial charge in [-0.15, -0.1) is 0 Å². The van der Waals surface area contributed by atoms with Crippen LogP contribution in [-0.2, 0) is 0 Å². The second kappa shape index (κ2) is 5.72. The van der Waals surface area contributed by atoms with Crippen LogP contribution in [0.2, 0.25) is 0 Å². The number of carbonyl (C=O) groups excluding carboxylic acids is 1. The summed E-state index contributed by atoms with van der Waals surface area (Å²) in [4.78, 5) is 15.4. The highest BCUT2D eigenvalue weighted by atomic mass is 19.1. The van der Waals surface area contributed by atoms with Crippen molar-refractivity contribution in [3.63, 3.8) is 0 Å². The van der Waals surface area contributed by atoms with Gasteiger partial charge in [0.1, 0.15) is 11.6 Å². The molecule has 0 spiro atoms. The van der Waals surface area contributed by atoms with Gasteiger partial charge in [0.25, 0.3) is 5.91 Å². The summed E-state index contributed by atoms with van der Waals surface area (Å²) in [7, 11) is 0. The second-order valence-corrected chi connectivity index (χ2v) is 3.64. The topological polar surface area (TPSA) is 74.6 Å². The lowest BCUT2D eigenvalue weighted by atomic mass is 10.2. The van der Waals surface area contributed by atoms with Gasteiger partial charge in [-0.3, -0.25) is 9.78 Å². The van der Waals surface area contributed by atoms with E-state index >= 15 is 0 Å². The van der Waals surface area contributed by atoms with Crippen LogP contribution in [0, 0.1) is 5.82 Å². The highest BCUT2D eigenvalue weighted by Crippen LogP contribution is 2.15. The van der Waals surface area contributed by atoms with E-state index in [1.165, 1.54) is 30.7 Å². The van der Waals surface area contributed by atoms with Crippen LogP contribution < -0.4 is 5.43 Å². The fraction of sp³-hybridized carbons (Fsp3) is 0. The Morgan fingerprint density at radius 3 is 2.74 bits per heavy atom. The van der Waals surface area contributed by atoms with Crippen molar-refractivity contribution in [3.8, 4) is 5.75 Å². The zero-order valence-corrected chi connectivity index (χ0v) is 9.75. The lowest BCUT2D eigenvalue weighted by Crippen LogP contribution is -2.17. The maximum atomic E-state index is 12.7. The minimum absolute atomic E-state index is 0.248. The number of amides is 1. The van der Waals surface area contributed by atoms with Gasteiger partial charge in [0.2, 0.25) is 0 Å². The van der Waals surface area contributed by atoms with Crippen molar-refractivity contribution < 1.29 is 14.3 Å². The van der Waals surface area contributed by atoms with E-state index in [2.05, 4.69) is 15.5 Å². The number of aromatic nitrogens is 1. The van der Waals surface area contributed by atoms with Crippen LogP contribution >= 0.6 is 0 Å². The summed E-state index contributed by atoms with van der Waals surface area (Å²) in [5.41, 5.74) is 3.00. The van der Waals surface area contributed by atoms with Crippen LogP contribution in [0.1, 0.15) is 15.9 Å². The molecule has 2 rings (SSSR count). The van der Waals surface area contributed by atoms with Crippen molar-refractivity contribution in [1.29, 1.82) is 0 Å². The molecule has 1 aromatic heterocycles. The van der Waals surface area contributed by atoms with E-state index in [9.17, 15) is 14.3 Å². The smallest absolute Gasteiger partial charge is 0.271 e. The summed E-state index contributed by atoms with van der Waals surface area (Å²) in [5.74, 6) is -1.20. The van der Waals surface area contributed by atoms with E-state index in [0.29, 0.717) is 11.1 Å². The monoisotopic (exact) mass is 259 g/mol. The number of phenolic OH excluding ortho intramolecular Hbond substituents is 1. The molecular weight excluding hydrogens is 249 g/mol. The summed E-state index contributed by atoms with van der Waals surface area (Å²) in [6, 6.07) is 6.59. The number of nitrogens with one attached hydrogen (secondary N) is 1. The van der Waals surface area contributed by atoms with Gasteiger partial charge in [-0.2, -0.15) is 5.10 Å². The summed E-state index contributed by atoms with van der Waals surface area (Å²) >= 11 is 0. The molecule has 96 valence electrons. The van der Waals surface area contributed by atoms with Gasteiger partial charge in [-0.05, 0) is 24.3 Å². The lowest BCUT2D eigenvalue weighted by Gasteiger charge is -2.00. The van der Waals surface area contributed by atoms with Crippen LogP contribution in [0.5, 0.6) is 5.75 Å². The SMILES string of the molecule is O=C(N/N=C\c1ccc(F)cc1O)c1ccncc1. The van der Waals surface area contributed by atoms with E-state index in [1.54, 1.807) is 12.1 Å². The quantitative estimate of drug-likeness (QED) is 0.650. The molecule has 5 nitrogen and oxygen atoms in total. The Morgan fingerprint density at radius 1 is 1.32 bits per heavy atom. The number of carbonyl (C=O) groups is 1. The highest BCUT2D eigenvalue weighted by molar-refractivity contribution is 5.94. The number of pyridine rings is 1. The van der Waals surface area contributed by atoms with E-state index in [1.807, 2.05) is 0 Å². The largest absolute Gasteiger partial charge is 0.507 e. The van der Waals surface area contributed by atoms with Crippen LogP contribution in [0.15, 0.2) is 47.8 Å². The molecule has 6 heteroatoms. The minimum atomic E-state index is -0.546. The predicted molar refractivity (Wildman–Crippen MR) is 67.4 cm³/mol. The summed E-state index contributed by atoms with van der Waals surface area (Å²) < 4.78 is 12.7. The molecule has 1 heterocycles. The Kier molecular flexibility index (Phi) is 3.82. The minimum Gasteiger partial charge on any atom is -0.507 e. The van der Waals surface area contributed by atoms with Gasteiger partial charge in [0, 0.05) is 29.6 Å². The van der Waals surface area contributed by atoms with Crippen LogP contribution in [0.3, 0.4) is 0 Å². The first-order chi connectivity index (χ1) is 9.16. The van der Waals surface area contributed by atoms with Crippen molar-refractivity contribution in [2.24, 2.45) is 5.10 Å². The van der Waals surface area contributed by atoms with E-state index in [4.69, 9.17) is 0 Å². The zero-order chi connectivity index (χ0) is 13.7. The summed E-state index contributed by atoms with van der Waals surface area (Å²) in [6.07, 6.45) is 4.21. The van der Waals surface area contributed by atoms with Gasteiger partial charge in [-0.25, -0.2) is 9.82 Å². The van der Waals surface area contributed by atoms with Crippen LogP contribution in [-0.4, -0.2) is 22.2 Å². The average Bonchev–Trinajstić information content (AvgIpc) is 2.42. The Hall–Kier alpha value is -2.76. The normalized spacial score (nSPS) is 10.6. The number of aromatic hydroxyl groups is 1. The van der Waals surface area contributed by atoms with E-state index in [0.717, 1.165) is 6.07 Å². The number of rotatable bonds is 3. The molecule has 0 aliphatic carbocycles. The number of hydrazone groups is 1. The van der Waals surface area contributed by atoms with Crippen molar-refractivity contribution >= 4 is 12.1 Å². The Labute approximate surface area is 108 Å². The number of benzene rings is 1. The fourth-order valence-electron chi connectivity index (χ4n) is 1.35. The molecule has 0 aliphatic rings. The first-order valence-corrected chi connectivity index (χ1v) is 5.39. The lowest BCUT2D eigenvalue weighted by molar-refractivity contribution is 0.0955. The maximum absolute atomic E-state index is 12.7. The molecular formula is C13H10FN3O2. The summed E-state index contributed by atoms with van der Waals surface area (Å²) in [6.45, 7) is 0. The molecule has 0 aliphatic heterocycles. The number of nitrogens with zero attached hydrogens (tertiary/aromatic N) is 2. The number of phenols is 1. The van der Waals surface area contributed by atoms with Gasteiger partial charge < -0.3 is 5.11 Å². The van der Waals surface area contributed by atoms with Crippen molar-refractivity contribution in [2.75, 3.05) is 0 Å². The van der Waals surface area contributed by atoms with Crippen molar-refractivity contribution in [3.05, 3.63) is 59.7 Å². The van der Waals surface area contributed by atoms with E-state index in [-0.39, 0.29) is 5.75 Å². The van der Waals surface area contributed by atoms with Crippen molar-refractivity contribution in [2.45, 2.75) is 0 Å². The van der Waals surface area contributed by atoms with E-state index < -0.39 is 11.7 Å². The Balaban J connectivity index is 2.02. The first kappa shape index (κ1) is 12.7. The molecule has 0 saturated carbocycles. The van der Waals surface area contributed by atoms with Crippen LogP contribution in [0.4, 0.5) is 4.39 Å². The highest BCUT2D eigenvalue weighted by Gasteiger charge is 2.03. The summed E-state index contributed by atoms with van der Waals surface area (Å²) in [5, 5.41) is 13.1. The molecule has 0 atom stereocenters. The zero-order valence-electron chi connectivity index (χ0n) is 9.75. The van der Waals surface area contributed by atoms with Gasteiger partial charge in [0.05, 0.1) is 6.21 Å². The predicted octanol–water partition coefficient (Wildman–Crippen LogP) is 1.69. The average molecular weight is 259 g/mol. The van der Waals surface area contributed by atoms with Gasteiger partial charge in [-0.1, -0.05) is 0 Å². The first-order valence-electron chi connectivity index (χ1n) is 5.39. The third kappa shape index (κ3) is 3.35. The number of hydrogen-bond acceptors (Lipinski definition) is 4. The molecule has 1 amide bonds. The molecule has 0 bridgehead atoms. The Morgan fingerprint density at radius 2 is 2.05 bits per heavy atom. The molecule has 0 radical (unpaired) electrons. The fourth-order valence-corrected chi connectivity index (χ4v) is 1.35. The van der Waals surface area contributed by atoms with Crippen molar-refractivity contribution in [1.82, 2.24) is 10.4 Å². The standard InChI is InChI=1S/C13H10FN3O2/c14-11-2-1-10(12(18)7-11)8-16-17-13(19)9-3-5-15-6-4-9/h1-8,18H,(H,17,19)/b16-8-. The number of halogens is 1. The molecule has 2 N–H and O–H groups in total. The third-order valence-corrected chi connectivity index (χ3v) is 2.30. The number of hydrogen-bond donors (Lipinski definition) is 2. The van der Waals surface area contributed by atoms with Crippen LogP contribution in [0.25, 0.3) is 0 Å². The molecule has 1 aromatic carbocycles. The molecule has 19 heavy (non-hydrogen) atoms. The third-order valence-electron chi connectivity index (χ3n) is 2.30. The van der Waals surface area contributed by atoms with Gasteiger partial charge in [0.15, 0.2) is 0 Å². The second-order valence-electron chi connectivity index (χ2n) is 3.64. The molecule has 0 saturated heterocycles. The van der Waals surface area contributed by atoms with Gasteiger partial charge >= 0.3 is 0 Å². The molecule has 0 fully saturated rings. The molecule has 2 aromatic rings. The Bertz CT molecular complexity index is 615. The maximum Gasteiger partial charge on any atom is 0.271 e. The molecule has 0 unspecified atom stereocenters.